The normalized spacial score (nSPS) is 14.7. The molecule has 0 aliphatic rings. The highest BCUT2D eigenvalue weighted by atomic mass is 16.4. The van der Waals surface area contributed by atoms with E-state index in [-0.39, 0.29) is 6.42 Å². The molecule has 29 heavy (non-hydrogen) atoms. The van der Waals surface area contributed by atoms with Crippen LogP contribution in [-0.4, -0.2) is 68.8 Å². The third-order valence-electron chi connectivity index (χ3n) is 3.80. The first-order chi connectivity index (χ1) is 13.5. The summed E-state index contributed by atoms with van der Waals surface area (Å²) >= 11 is 0. The zero-order valence-corrected chi connectivity index (χ0v) is 16.0. The Labute approximate surface area is 166 Å². The predicted octanol–water partition coefficient (Wildman–Crippen LogP) is -3.27. The average Bonchev–Trinajstić information content (AvgIpc) is 3.12. The maximum Gasteiger partial charge on any atom is 0.326 e. The van der Waals surface area contributed by atoms with E-state index in [0.717, 1.165) is 0 Å². The minimum Gasteiger partial charge on any atom is -0.480 e. The Balaban J connectivity index is 2.82. The van der Waals surface area contributed by atoms with Crippen LogP contribution in [0.4, 0.5) is 0 Å². The number of carbonyl (C=O) groups excluding carboxylic acids is 4. The first kappa shape index (κ1) is 23.6. The van der Waals surface area contributed by atoms with Gasteiger partial charge in [0.05, 0.1) is 18.8 Å². The Bertz CT molecular complexity index is 749. The summed E-state index contributed by atoms with van der Waals surface area (Å²) in [7, 11) is 0. The van der Waals surface area contributed by atoms with Crippen LogP contribution in [0.2, 0.25) is 0 Å². The van der Waals surface area contributed by atoms with Crippen molar-refractivity contribution in [3.05, 3.63) is 18.2 Å². The summed E-state index contributed by atoms with van der Waals surface area (Å²) in [6, 6.07) is -4.69. The van der Waals surface area contributed by atoms with E-state index in [2.05, 4.69) is 25.9 Å². The van der Waals surface area contributed by atoms with Gasteiger partial charge in [-0.15, -0.1) is 0 Å². The molecule has 1 rings (SSSR count). The third kappa shape index (κ3) is 7.96. The summed E-state index contributed by atoms with van der Waals surface area (Å²) in [6.07, 6.45) is 2.08. The van der Waals surface area contributed by atoms with Crippen LogP contribution in [0.1, 0.15) is 26.0 Å². The molecule has 0 fully saturated rings. The molecule has 0 spiro atoms. The number of carboxylic acid groups (broad SMARTS) is 1. The maximum atomic E-state index is 12.5. The molecule has 0 aliphatic heterocycles. The van der Waals surface area contributed by atoms with Gasteiger partial charge in [-0.05, 0) is 13.8 Å². The number of aromatic amines is 1. The topological polar surface area (TPSA) is 222 Å². The molecule has 9 N–H and O–H groups in total. The molecule has 4 atom stereocenters. The number of hydrogen-bond acceptors (Lipinski definition) is 7. The number of H-pyrrole nitrogens is 1. The molecule has 4 amide bonds. The van der Waals surface area contributed by atoms with Gasteiger partial charge in [-0.25, -0.2) is 9.78 Å². The predicted molar refractivity (Wildman–Crippen MR) is 98.9 cm³/mol. The van der Waals surface area contributed by atoms with E-state index in [9.17, 15) is 29.1 Å². The Morgan fingerprint density at radius 3 is 2.17 bits per heavy atom. The van der Waals surface area contributed by atoms with E-state index >= 15 is 0 Å². The maximum absolute atomic E-state index is 12.5. The van der Waals surface area contributed by atoms with Crippen molar-refractivity contribution in [3.63, 3.8) is 0 Å². The van der Waals surface area contributed by atoms with Crippen LogP contribution in [-0.2, 0) is 30.4 Å². The molecular weight excluding hydrogens is 386 g/mol. The number of imidazole rings is 1. The number of hydrogen-bond donors (Lipinski definition) is 7. The molecule has 0 aromatic carbocycles. The van der Waals surface area contributed by atoms with Crippen LogP contribution in [0, 0.1) is 0 Å². The number of carbonyl (C=O) groups is 5. The highest BCUT2D eigenvalue weighted by Gasteiger charge is 2.29. The fraction of sp³-hybridized carbons (Fsp3) is 0.500. The molecule has 1 aromatic heterocycles. The summed E-state index contributed by atoms with van der Waals surface area (Å²) in [5, 5.41) is 16.2. The Morgan fingerprint density at radius 2 is 1.69 bits per heavy atom. The Hall–Kier alpha value is -3.48. The van der Waals surface area contributed by atoms with Gasteiger partial charge in [0.15, 0.2) is 0 Å². The van der Waals surface area contributed by atoms with Crippen molar-refractivity contribution >= 4 is 29.6 Å². The van der Waals surface area contributed by atoms with Crippen LogP contribution >= 0.6 is 0 Å². The minimum absolute atomic E-state index is 0.0981. The second-order valence-electron chi connectivity index (χ2n) is 6.43. The minimum atomic E-state index is -1.43. The molecule has 0 bridgehead atoms. The molecule has 160 valence electrons. The van der Waals surface area contributed by atoms with Crippen molar-refractivity contribution in [2.24, 2.45) is 11.5 Å². The summed E-state index contributed by atoms with van der Waals surface area (Å²) in [5.41, 5.74) is 11.0. The van der Waals surface area contributed by atoms with Gasteiger partial charge in [-0.2, -0.15) is 0 Å². The number of aliphatic carboxylic acids is 1. The molecule has 1 heterocycles. The number of amides is 4. The number of aromatic nitrogens is 2. The number of rotatable bonds is 11. The third-order valence-corrected chi connectivity index (χ3v) is 3.80. The lowest BCUT2D eigenvalue weighted by Gasteiger charge is -2.22. The van der Waals surface area contributed by atoms with Gasteiger partial charge in [0, 0.05) is 18.3 Å². The molecule has 0 radical (unpaired) electrons. The van der Waals surface area contributed by atoms with E-state index in [1.54, 1.807) is 0 Å². The van der Waals surface area contributed by atoms with E-state index in [4.69, 9.17) is 11.5 Å². The molecule has 0 aliphatic carbocycles. The van der Waals surface area contributed by atoms with Crippen LogP contribution in [0.5, 0.6) is 0 Å². The lowest BCUT2D eigenvalue weighted by molar-refractivity contribution is -0.142. The van der Waals surface area contributed by atoms with Crippen molar-refractivity contribution < 1.29 is 29.1 Å². The van der Waals surface area contributed by atoms with Crippen LogP contribution < -0.4 is 27.4 Å². The summed E-state index contributed by atoms with van der Waals surface area (Å²) in [4.78, 5) is 65.5. The van der Waals surface area contributed by atoms with Gasteiger partial charge in [0.1, 0.15) is 18.1 Å². The average molecular weight is 411 g/mol. The monoisotopic (exact) mass is 411 g/mol. The van der Waals surface area contributed by atoms with Crippen molar-refractivity contribution in [2.45, 2.75) is 50.9 Å². The molecule has 0 saturated carbocycles. The Morgan fingerprint density at radius 1 is 1.07 bits per heavy atom. The largest absolute Gasteiger partial charge is 0.480 e. The van der Waals surface area contributed by atoms with Crippen molar-refractivity contribution in [3.8, 4) is 0 Å². The number of carboxylic acids is 1. The van der Waals surface area contributed by atoms with E-state index in [1.807, 2.05) is 0 Å². The highest BCUT2D eigenvalue weighted by molar-refractivity contribution is 5.95. The molecule has 0 saturated heterocycles. The zero-order valence-electron chi connectivity index (χ0n) is 16.0. The van der Waals surface area contributed by atoms with Gasteiger partial charge in [0.2, 0.25) is 23.6 Å². The second kappa shape index (κ2) is 10.8. The summed E-state index contributed by atoms with van der Waals surface area (Å²) in [6.45, 7) is 2.78. The number of nitrogens with two attached hydrogens (primary N) is 2. The van der Waals surface area contributed by atoms with E-state index < -0.39 is 60.2 Å². The van der Waals surface area contributed by atoms with Gasteiger partial charge in [-0.3, -0.25) is 19.2 Å². The molecule has 4 unspecified atom stereocenters. The number of nitrogens with zero attached hydrogens (tertiary/aromatic N) is 1. The van der Waals surface area contributed by atoms with Gasteiger partial charge >= 0.3 is 5.97 Å². The molecule has 1 aromatic rings. The fourth-order valence-corrected chi connectivity index (χ4v) is 2.21. The fourth-order valence-electron chi connectivity index (χ4n) is 2.21. The van der Waals surface area contributed by atoms with Crippen molar-refractivity contribution in [2.75, 3.05) is 0 Å². The van der Waals surface area contributed by atoms with Crippen molar-refractivity contribution in [1.29, 1.82) is 0 Å². The standard InChI is InChI=1S/C16H25N7O6/c1-7(17)13(25)21-8(2)14(26)22-10(4-12(18)24)15(27)23-11(16(28)29)3-9-5-19-6-20-9/h5-8,10-11H,3-4,17H2,1-2H3,(H2,18,24)(H,19,20)(H,21,25)(H,22,26)(H,23,27)(H,28,29). The summed E-state index contributed by atoms with van der Waals surface area (Å²) < 4.78 is 0. The van der Waals surface area contributed by atoms with E-state index in [1.165, 1.54) is 26.4 Å². The van der Waals surface area contributed by atoms with E-state index in [0.29, 0.717) is 5.69 Å². The van der Waals surface area contributed by atoms with Crippen LogP contribution in [0.15, 0.2) is 12.5 Å². The van der Waals surface area contributed by atoms with Gasteiger partial charge in [-0.1, -0.05) is 0 Å². The number of nitrogens with one attached hydrogen (secondary N) is 4. The summed E-state index contributed by atoms with van der Waals surface area (Å²) in [5.74, 6) is -4.50. The van der Waals surface area contributed by atoms with Gasteiger partial charge in [0.25, 0.3) is 0 Å². The highest BCUT2D eigenvalue weighted by Crippen LogP contribution is 2.02. The van der Waals surface area contributed by atoms with Crippen LogP contribution in [0.25, 0.3) is 0 Å². The Kier molecular flexibility index (Phi) is 8.73. The number of primary amides is 1. The second-order valence-corrected chi connectivity index (χ2v) is 6.43. The zero-order chi connectivity index (χ0) is 22.1. The quantitative estimate of drug-likeness (QED) is 0.195. The molecule has 13 heteroatoms. The smallest absolute Gasteiger partial charge is 0.326 e. The van der Waals surface area contributed by atoms with Crippen LogP contribution in [0.3, 0.4) is 0 Å². The first-order valence-corrected chi connectivity index (χ1v) is 8.66. The lowest BCUT2D eigenvalue weighted by Crippen LogP contribution is -2.57. The molecular formula is C16H25N7O6. The molecule has 13 nitrogen and oxygen atoms in total. The lowest BCUT2D eigenvalue weighted by atomic mass is 10.1. The SMILES string of the molecule is CC(N)C(=O)NC(C)C(=O)NC(CC(N)=O)C(=O)NC(Cc1cnc[nH]1)C(=O)O. The van der Waals surface area contributed by atoms with Gasteiger partial charge < -0.3 is 37.5 Å². The first-order valence-electron chi connectivity index (χ1n) is 8.66. The van der Waals surface area contributed by atoms with Crippen molar-refractivity contribution in [1.82, 2.24) is 25.9 Å².